The normalized spacial score (nSPS) is 11.9. The summed E-state index contributed by atoms with van der Waals surface area (Å²) < 4.78 is 5.90. The Kier molecular flexibility index (Phi) is 5.01. The molecule has 0 spiro atoms. The molecule has 0 aliphatic carbocycles. The van der Waals surface area contributed by atoms with E-state index in [-0.39, 0.29) is 0 Å². The molecule has 2 aromatic rings. The molecule has 1 heterocycles. The van der Waals surface area contributed by atoms with E-state index in [9.17, 15) is 5.11 Å². The Hall–Kier alpha value is -1.39. The number of benzene rings is 1. The second kappa shape index (κ2) is 6.58. The molecule has 0 amide bonds. The summed E-state index contributed by atoms with van der Waals surface area (Å²) >= 11 is 1.54. The van der Waals surface area contributed by atoms with Gasteiger partial charge in [-0.1, -0.05) is 32.0 Å². The van der Waals surface area contributed by atoms with Crippen LogP contribution in [0, 0.1) is 0 Å². The summed E-state index contributed by atoms with van der Waals surface area (Å²) in [5.74, 6) is 1.40. The number of aromatic nitrogens is 1. The molecule has 0 saturated carbocycles. The predicted molar refractivity (Wildman–Crippen MR) is 87.1 cm³/mol. The maximum absolute atomic E-state index is 9.94. The summed E-state index contributed by atoms with van der Waals surface area (Å²) in [6.45, 7) is 8.49. The Balaban J connectivity index is 1.95. The van der Waals surface area contributed by atoms with Crippen LogP contribution in [0.15, 0.2) is 30.5 Å². The molecule has 2 rings (SSSR count). The second-order valence-electron chi connectivity index (χ2n) is 5.97. The number of ether oxygens (including phenoxy) is 1. The number of hydrogen-bond acceptors (Lipinski definition) is 4. The third kappa shape index (κ3) is 4.29. The van der Waals surface area contributed by atoms with Gasteiger partial charge in [-0.25, -0.2) is 4.98 Å². The van der Waals surface area contributed by atoms with Crippen LogP contribution in [0.3, 0.4) is 0 Å². The molecule has 1 aromatic carbocycles. The molecule has 0 fully saturated rings. The van der Waals surface area contributed by atoms with Crippen molar-refractivity contribution in [2.24, 2.45) is 0 Å². The minimum atomic E-state index is -0.818. The van der Waals surface area contributed by atoms with Crippen LogP contribution in [0.1, 0.15) is 49.1 Å². The Morgan fingerprint density at radius 3 is 2.62 bits per heavy atom. The molecule has 0 aliphatic heterocycles. The Labute approximate surface area is 130 Å². The van der Waals surface area contributed by atoms with E-state index < -0.39 is 5.60 Å². The Bertz CT molecular complexity index is 584. The van der Waals surface area contributed by atoms with Gasteiger partial charge in [0.05, 0.1) is 22.1 Å². The SMILES string of the molecule is CC(C)c1ccccc1OCCc1ncc(C(C)(C)O)s1. The molecule has 0 radical (unpaired) electrons. The monoisotopic (exact) mass is 305 g/mol. The van der Waals surface area contributed by atoms with Crippen molar-refractivity contribution in [2.45, 2.75) is 45.6 Å². The van der Waals surface area contributed by atoms with Crippen molar-refractivity contribution in [3.05, 3.63) is 45.9 Å². The fourth-order valence-electron chi connectivity index (χ4n) is 2.05. The van der Waals surface area contributed by atoms with Gasteiger partial charge in [0.2, 0.25) is 0 Å². The van der Waals surface area contributed by atoms with Crippen molar-refractivity contribution >= 4 is 11.3 Å². The van der Waals surface area contributed by atoms with Gasteiger partial charge < -0.3 is 9.84 Å². The number of thiazole rings is 1. The topological polar surface area (TPSA) is 42.4 Å². The number of aliphatic hydroxyl groups is 1. The Morgan fingerprint density at radius 1 is 1.29 bits per heavy atom. The summed E-state index contributed by atoms with van der Waals surface area (Å²) in [5, 5.41) is 10.9. The minimum Gasteiger partial charge on any atom is -0.493 e. The molecule has 21 heavy (non-hydrogen) atoms. The number of para-hydroxylation sites is 1. The van der Waals surface area contributed by atoms with Crippen LogP contribution < -0.4 is 4.74 Å². The highest BCUT2D eigenvalue weighted by atomic mass is 32.1. The average molecular weight is 305 g/mol. The molecule has 114 valence electrons. The van der Waals surface area contributed by atoms with E-state index in [1.54, 1.807) is 31.4 Å². The third-order valence-corrected chi connectivity index (χ3v) is 4.64. The van der Waals surface area contributed by atoms with Crippen molar-refractivity contribution in [1.82, 2.24) is 4.98 Å². The van der Waals surface area contributed by atoms with Gasteiger partial charge in [0, 0.05) is 12.6 Å². The fraction of sp³-hybridized carbons (Fsp3) is 0.471. The third-order valence-electron chi connectivity index (χ3n) is 3.27. The van der Waals surface area contributed by atoms with Crippen LogP contribution >= 0.6 is 11.3 Å². The van der Waals surface area contributed by atoms with Gasteiger partial charge in [-0.3, -0.25) is 0 Å². The van der Waals surface area contributed by atoms with Gasteiger partial charge in [-0.2, -0.15) is 0 Å². The first-order chi connectivity index (χ1) is 9.88. The lowest BCUT2D eigenvalue weighted by Gasteiger charge is -2.14. The lowest BCUT2D eigenvalue weighted by molar-refractivity contribution is 0.0823. The van der Waals surface area contributed by atoms with Gasteiger partial charge in [-0.05, 0) is 31.4 Å². The molecule has 0 saturated heterocycles. The van der Waals surface area contributed by atoms with Gasteiger partial charge in [0.25, 0.3) is 0 Å². The summed E-state index contributed by atoms with van der Waals surface area (Å²) in [7, 11) is 0. The van der Waals surface area contributed by atoms with E-state index in [0.29, 0.717) is 12.5 Å². The van der Waals surface area contributed by atoms with E-state index in [0.717, 1.165) is 22.1 Å². The van der Waals surface area contributed by atoms with Gasteiger partial charge >= 0.3 is 0 Å². The lowest BCUT2D eigenvalue weighted by Crippen LogP contribution is -2.12. The minimum absolute atomic E-state index is 0.447. The zero-order chi connectivity index (χ0) is 15.5. The van der Waals surface area contributed by atoms with E-state index in [2.05, 4.69) is 24.9 Å². The van der Waals surface area contributed by atoms with Crippen LogP contribution in [0.5, 0.6) is 5.75 Å². The Morgan fingerprint density at radius 2 is 2.00 bits per heavy atom. The van der Waals surface area contributed by atoms with Crippen LogP contribution in [0.4, 0.5) is 0 Å². The second-order valence-corrected chi connectivity index (χ2v) is 7.08. The molecule has 4 heteroatoms. The maximum atomic E-state index is 9.94. The fourth-order valence-corrected chi connectivity index (χ4v) is 2.95. The lowest BCUT2D eigenvalue weighted by atomic mass is 10.0. The highest BCUT2D eigenvalue weighted by Crippen LogP contribution is 2.27. The highest BCUT2D eigenvalue weighted by molar-refractivity contribution is 7.11. The summed E-state index contributed by atoms with van der Waals surface area (Å²) in [6.07, 6.45) is 2.51. The maximum Gasteiger partial charge on any atom is 0.122 e. The van der Waals surface area contributed by atoms with E-state index in [1.807, 2.05) is 18.2 Å². The molecule has 3 nitrogen and oxygen atoms in total. The average Bonchev–Trinajstić information content (AvgIpc) is 2.88. The largest absolute Gasteiger partial charge is 0.493 e. The predicted octanol–water partition coefficient (Wildman–Crippen LogP) is 4.12. The van der Waals surface area contributed by atoms with Crippen molar-refractivity contribution in [3.63, 3.8) is 0 Å². The van der Waals surface area contributed by atoms with Gasteiger partial charge in [0.15, 0.2) is 0 Å². The van der Waals surface area contributed by atoms with Crippen LogP contribution in [-0.2, 0) is 12.0 Å². The standard InChI is InChI=1S/C17H23NO2S/c1-12(2)13-7-5-6-8-14(13)20-10-9-16-18-11-15(21-16)17(3,4)19/h5-8,11-12,19H,9-10H2,1-4H3. The molecular weight excluding hydrogens is 282 g/mol. The van der Waals surface area contributed by atoms with Crippen LogP contribution in [0.25, 0.3) is 0 Å². The van der Waals surface area contributed by atoms with E-state index in [1.165, 1.54) is 5.56 Å². The van der Waals surface area contributed by atoms with Gasteiger partial charge in [0.1, 0.15) is 5.75 Å². The molecular formula is C17H23NO2S. The summed E-state index contributed by atoms with van der Waals surface area (Å²) in [6, 6.07) is 8.16. The summed E-state index contributed by atoms with van der Waals surface area (Å²) in [4.78, 5) is 5.24. The van der Waals surface area contributed by atoms with E-state index in [4.69, 9.17) is 4.74 Å². The molecule has 0 bridgehead atoms. The molecule has 0 aliphatic rings. The first-order valence-corrected chi connectivity index (χ1v) is 8.09. The number of nitrogens with zero attached hydrogens (tertiary/aromatic N) is 1. The zero-order valence-corrected chi connectivity index (χ0v) is 13.9. The van der Waals surface area contributed by atoms with Crippen LogP contribution in [0.2, 0.25) is 0 Å². The highest BCUT2D eigenvalue weighted by Gasteiger charge is 2.19. The smallest absolute Gasteiger partial charge is 0.122 e. The van der Waals surface area contributed by atoms with E-state index >= 15 is 0 Å². The quantitative estimate of drug-likeness (QED) is 0.873. The van der Waals surface area contributed by atoms with Crippen LogP contribution in [-0.4, -0.2) is 16.7 Å². The zero-order valence-electron chi connectivity index (χ0n) is 13.1. The van der Waals surface area contributed by atoms with Crippen molar-refractivity contribution in [2.75, 3.05) is 6.61 Å². The molecule has 0 atom stereocenters. The summed E-state index contributed by atoms with van der Waals surface area (Å²) in [5.41, 5.74) is 0.412. The van der Waals surface area contributed by atoms with Gasteiger partial charge in [-0.15, -0.1) is 11.3 Å². The first kappa shape index (κ1) is 16.0. The first-order valence-electron chi connectivity index (χ1n) is 7.27. The van der Waals surface area contributed by atoms with Crippen molar-refractivity contribution in [1.29, 1.82) is 0 Å². The molecule has 0 unspecified atom stereocenters. The molecule has 1 aromatic heterocycles. The number of hydrogen-bond donors (Lipinski definition) is 1. The van der Waals surface area contributed by atoms with Crippen molar-refractivity contribution < 1.29 is 9.84 Å². The number of rotatable bonds is 6. The van der Waals surface area contributed by atoms with Crippen molar-refractivity contribution in [3.8, 4) is 5.75 Å². The molecule has 1 N–H and O–H groups in total.